The molecule has 0 saturated carbocycles. The molecule has 0 spiro atoms. The summed E-state index contributed by atoms with van der Waals surface area (Å²) in [7, 11) is 1.77. The van der Waals surface area contributed by atoms with E-state index < -0.39 is 5.97 Å². The molecule has 1 fully saturated rings. The van der Waals surface area contributed by atoms with Gasteiger partial charge in [0.2, 0.25) is 5.91 Å². The van der Waals surface area contributed by atoms with E-state index in [-0.39, 0.29) is 11.8 Å². The first-order valence-corrected chi connectivity index (χ1v) is 6.36. The Bertz CT molecular complexity index is 483. The molecule has 0 bridgehead atoms. The van der Waals surface area contributed by atoms with E-state index in [2.05, 4.69) is 5.32 Å². The van der Waals surface area contributed by atoms with Gasteiger partial charge in [-0.05, 0) is 18.1 Å². The molecular weight excluding hydrogens is 244 g/mol. The Morgan fingerprint density at radius 2 is 2.05 bits per heavy atom. The van der Waals surface area contributed by atoms with Crippen LogP contribution in [0.15, 0.2) is 24.3 Å². The van der Waals surface area contributed by atoms with Crippen molar-refractivity contribution in [3.63, 3.8) is 0 Å². The number of hydrogen-bond acceptors (Lipinski definition) is 3. The number of benzene rings is 1. The Morgan fingerprint density at radius 1 is 1.37 bits per heavy atom. The number of carboxylic acid groups (broad SMARTS) is 1. The van der Waals surface area contributed by atoms with E-state index in [0.717, 1.165) is 18.7 Å². The molecule has 5 nitrogen and oxygen atoms in total. The van der Waals surface area contributed by atoms with Crippen LogP contribution in [0.3, 0.4) is 0 Å². The first-order valence-electron chi connectivity index (χ1n) is 6.36. The zero-order chi connectivity index (χ0) is 13.8. The Morgan fingerprint density at radius 3 is 2.63 bits per heavy atom. The lowest BCUT2D eigenvalue weighted by atomic mass is 10.0. The third kappa shape index (κ3) is 3.12. The Balaban J connectivity index is 1.94. The van der Waals surface area contributed by atoms with Crippen molar-refractivity contribution < 1.29 is 14.7 Å². The number of nitrogens with zero attached hydrogens (tertiary/aromatic N) is 1. The lowest BCUT2D eigenvalue weighted by Gasteiger charge is -2.30. The second kappa shape index (κ2) is 5.84. The summed E-state index contributed by atoms with van der Waals surface area (Å²) in [5.41, 5.74) is 1.08. The van der Waals surface area contributed by atoms with Crippen molar-refractivity contribution in [1.82, 2.24) is 10.2 Å². The topological polar surface area (TPSA) is 69.6 Å². The van der Waals surface area contributed by atoms with Gasteiger partial charge in [-0.15, -0.1) is 0 Å². The molecule has 1 amide bonds. The maximum absolute atomic E-state index is 11.9. The second-order valence-corrected chi connectivity index (χ2v) is 4.83. The van der Waals surface area contributed by atoms with Crippen LogP contribution >= 0.6 is 0 Å². The lowest BCUT2D eigenvalue weighted by molar-refractivity contribution is -0.135. The average Bonchev–Trinajstić information content (AvgIpc) is 2.34. The van der Waals surface area contributed by atoms with Gasteiger partial charge in [0, 0.05) is 26.7 Å². The molecule has 0 aromatic heterocycles. The number of likely N-dealkylation sites (N-methyl/N-ethyl adjacent to an activating group) is 1. The Kier molecular flexibility index (Phi) is 4.16. The number of amides is 1. The van der Waals surface area contributed by atoms with Gasteiger partial charge in [-0.25, -0.2) is 4.79 Å². The van der Waals surface area contributed by atoms with Crippen LogP contribution in [0, 0.1) is 5.92 Å². The van der Waals surface area contributed by atoms with Gasteiger partial charge in [-0.2, -0.15) is 0 Å². The maximum atomic E-state index is 11.9. The molecule has 0 unspecified atom stereocenters. The molecule has 0 radical (unpaired) electrons. The van der Waals surface area contributed by atoms with Crippen LogP contribution < -0.4 is 5.32 Å². The summed E-state index contributed by atoms with van der Waals surface area (Å²) in [4.78, 5) is 24.7. The van der Waals surface area contributed by atoms with Crippen molar-refractivity contribution in [2.75, 3.05) is 26.7 Å². The molecule has 5 heteroatoms. The van der Waals surface area contributed by atoms with Crippen molar-refractivity contribution in [1.29, 1.82) is 0 Å². The van der Waals surface area contributed by atoms with Gasteiger partial charge in [0.05, 0.1) is 11.5 Å². The third-order valence-corrected chi connectivity index (χ3v) is 3.47. The van der Waals surface area contributed by atoms with Gasteiger partial charge in [0.15, 0.2) is 0 Å². The van der Waals surface area contributed by atoms with Crippen molar-refractivity contribution in [3.8, 4) is 0 Å². The number of carbonyl (C=O) groups is 2. The minimum atomic E-state index is -0.923. The molecule has 0 aliphatic carbocycles. The number of carboxylic acids is 1. The highest BCUT2D eigenvalue weighted by molar-refractivity contribution is 5.89. The summed E-state index contributed by atoms with van der Waals surface area (Å²) in [6.07, 6.45) is 0.560. The Labute approximate surface area is 112 Å². The fourth-order valence-electron chi connectivity index (χ4n) is 2.12. The quantitative estimate of drug-likeness (QED) is 0.815. The number of hydrogen-bond donors (Lipinski definition) is 2. The molecule has 1 aliphatic heterocycles. The standard InChI is InChI=1S/C14H18N2O3/c1-16(13(17)11-8-15-9-11)7-6-10-4-2-3-5-12(10)14(18)19/h2-5,11,15H,6-9H2,1H3,(H,18,19). The predicted octanol–water partition coefficient (Wildman–Crippen LogP) is 0.605. The van der Waals surface area contributed by atoms with E-state index in [4.69, 9.17) is 5.11 Å². The molecule has 19 heavy (non-hydrogen) atoms. The Hall–Kier alpha value is -1.88. The maximum Gasteiger partial charge on any atom is 0.335 e. The van der Waals surface area contributed by atoms with Crippen LogP contribution in [-0.4, -0.2) is 48.6 Å². The van der Waals surface area contributed by atoms with Gasteiger partial charge in [0.25, 0.3) is 0 Å². The molecule has 2 rings (SSSR count). The van der Waals surface area contributed by atoms with Crippen LogP contribution in [0.2, 0.25) is 0 Å². The zero-order valence-electron chi connectivity index (χ0n) is 10.9. The van der Waals surface area contributed by atoms with Crippen molar-refractivity contribution in [3.05, 3.63) is 35.4 Å². The van der Waals surface area contributed by atoms with E-state index >= 15 is 0 Å². The van der Waals surface area contributed by atoms with E-state index in [1.54, 1.807) is 30.1 Å². The average molecular weight is 262 g/mol. The number of nitrogens with one attached hydrogen (secondary N) is 1. The first kappa shape index (κ1) is 13.5. The van der Waals surface area contributed by atoms with Crippen LogP contribution in [0.5, 0.6) is 0 Å². The molecule has 102 valence electrons. The number of carbonyl (C=O) groups excluding carboxylic acids is 1. The van der Waals surface area contributed by atoms with Crippen molar-refractivity contribution in [2.45, 2.75) is 6.42 Å². The third-order valence-electron chi connectivity index (χ3n) is 3.47. The van der Waals surface area contributed by atoms with Gasteiger partial charge in [0.1, 0.15) is 0 Å². The molecule has 0 atom stereocenters. The smallest absolute Gasteiger partial charge is 0.335 e. The lowest BCUT2D eigenvalue weighted by Crippen LogP contribution is -2.51. The SMILES string of the molecule is CN(CCc1ccccc1C(=O)O)C(=O)C1CNC1. The minimum absolute atomic E-state index is 0.0831. The minimum Gasteiger partial charge on any atom is -0.478 e. The van der Waals surface area contributed by atoms with Gasteiger partial charge < -0.3 is 15.3 Å². The van der Waals surface area contributed by atoms with Crippen molar-refractivity contribution in [2.24, 2.45) is 5.92 Å². The fraction of sp³-hybridized carbons (Fsp3) is 0.429. The summed E-state index contributed by atoms with van der Waals surface area (Å²) < 4.78 is 0. The monoisotopic (exact) mass is 262 g/mol. The van der Waals surface area contributed by atoms with Crippen LogP contribution in [0.25, 0.3) is 0 Å². The van der Waals surface area contributed by atoms with Crippen LogP contribution in [0.1, 0.15) is 15.9 Å². The fourth-order valence-corrected chi connectivity index (χ4v) is 2.12. The zero-order valence-corrected chi connectivity index (χ0v) is 10.9. The van der Waals surface area contributed by atoms with E-state index in [1.165, 1.54) is 0 Å². The predicted molar refractivity (Wildman–Crippen MR) is 71.1 cm³/mol. The summed E-state index contributed by atoms with van der Waals surface area (Å²) >= 11 is 0. The molecule has 1 aromatic carbocycles. The van der Waals surface area contributed by atoms with Gasteiger partial charge in [-0.1, -0.05) is 18.2 Å². The van der Waals surface area contributed by atoms with E-state index in [0.29, 0.717) is 18.5 Å². The van der Waals surface area contributed by atoms with Gasteiger partial charge in [-0.3, -0.25) is 4.79 Å². The normalized spacial score (nSPS) is 14.8. The summed E-state index contributed by atoms with van der Waals surface area (Å²) in [5.74, 6) is -0.709. The molecule has 1 heterocycles. The molecule has 2 N–H and O–H groups in total. The van der Waals surface area contributed by atoms with Crippen LogP contribution in [0.4, 0.5) is 0 Å². The molecular formula is C14H18N2O3. The van der Waals surface area contributed by atoms with Crippen LogP contribution in [-0.2, 0) is 11.2 Å². The number of rotatable bonds is 5. The number of aromatic carboxylic acids is 1. The highest BCUT2D eigenvalue weighted by atomic mass is 16.4. The molecule has 1 aromatic rings. The van der Waals surface area contributed by atoms with E-state index in [9.17, 15) is 9.59 Å². The first-order chi connectivity index (χ1) is 9.09. The summed E-state index contributed by atoms with van der Waals surface area (Å²) in [6.45, 7) is 2.03. The summed E-state index contributed by atoms with van der Waals surface area (Å²) in [6, 6.07) is 6.92. The molecule has 1 aliphatic rings. The summed E-state index contributed by atoms with van der Waals surface area (Å²) in [5, 5.41) is 12.2. The molecule has 1 saturated heterocycles. The highest BCUT2D eigenvalue weighted by Gasteiger charge is 2.27. The van der Waals surface area contributed by atoms with Gasteiger partial charge >= 0.3 is 5.97 Å². The second-order valence-electron chi connectivity index (χ2n) is 4.83. The largest absolute Gasteiger partial charge is 0.478 e. The van der Waals surface area contributed by atoms with E-state index in [1.807, 2.05) is 6.07 Å². The highest BCUT2D eigenvalue weighted by Crippen LogP contribution is 2.12. The van der Waals surface area contributed by atoms with Crippen molar-refractivity contribution >= 4 is 11.9 Å².